The van der Waals surface area contributed by atoms with Crippen LogP contribution >= 0.6 is 11.3 Å². The summed E-state index contributed by atoms with van der Waals surface area (Å²) in [6, 6.07) is 1.70. The molecule has 0 bridgehead atoms. The average Bonchev–Trinajstić information content (AvgIpc) is 3.22. The van der Waals surface area contributed by atoms with Crippen LogP contribution in [0.5, 0.6) is 0 Å². The maximum absolute atomic E-state index is 12.9. The van der Waals surface area contributed by atoms with Crippen LogP contribution in [0.15, 0.2) is 16.4 Å². The van der Waals surface area contributed by atoms with E-state index in [2.05, 4.69) is 15.4 Å². The van der Waals surface area contributed by atoms with Crippen molar-refractivity contribution in [2.24, 2.45) is 0 Å². The summed E-state index contributed by atoms with van der Waals surface area (Å²) in [7, 11) is 1.72. The van der Waals surface area contributed by atoms with Crippen molar-refractivity contribution in [3.8, 4) is 0 Å². The molecule has 0 saturated carbocycles. The quantitative estimate of drug-likeness (QED) is 0.701. The third-order valence-electron chi connectivity index (χ3n) is 5.00. The zero-order valence-corrected chi connectivity index (χ0v) is 16.8. The van der Waals surface area contributed by atoms with Gasteiger partial charge in [0.15, 0.2) is 5.65 Å². The number of hydrogen-bond donors (Lipinski definition) is 1. The number of piperidine rings is 1. The van der Waals surface area contributed by atoms with E-state index in [1.54, 1.807) is 27.9 Å². The summed E-state index contributed by atoms with van der Waals surface area (Å²) in [5.41, 5.74) is 2.62. The smallest absolute Gasteiger partial charge is 0.291 e. The van der Waals surface area contributed by atoms with Crippen molar-refractivity contribution in [3.05, 3.63) is 27.8 Å². The third kappa shape index (κ3) is 3.17. The molecule has 10 heteroatoms. The molecule has 0 unspecified atom stereocenters. The van der Waals surface area contributed by atoms with Crippen molar-refractivity contribution in [1.82, 2.24) is 29.4 Å². The monoisotopic (exact) mass is 402 g/mol. The molecule has 0 aromatic carbocycles. The Bertz CT molecular complexity index is 1130. The fourth-order valence-corrected chi connectivity index (χ4v) is 4.27. The number of rotatable bonds is 4. The molecule has 4 rings (SSSR count). The number of aromatic nitrogens is 4. The minimum Gasteiger partial charge on any atom is -0.350 e. The van der Waals surface area contributed by atoms with Crippen LogP contribution in [-0.2, 0) is 16.1 Å². The number of carbonyl (C=O) groups is 2. The molecule has 2 amide bonds. The Kier molecular flexibility index (Phi) is 4.66. The molecule has 28 heavy (non-hydrogen) atoms. The number of carbonyl (C=O) groups excluding carboxylic acids is 2. The number of likely N-dealkylation sites (N-methyl/N-ethyl adjacent to an activating group) is 1. The zero-order chi connectivity index (χ0) is 20.0. The lowest BCUT2D eigenvalue weighted by Crippen LogP contribution is -2.49. The number of thiazole rings is 1. The van der Waals surface area contributed by atoms with E-state index in [1.807, 2.05) is 13.8 Å². The van der Waals surface area contributed by atoms with Gasteiger partial charge in [0.05, 0.1) is 10.2 Å². The van der Waals surface area contributed by atoms with Crippen molar-refractivity contribution in [1.29, 1.82) is 0 Å². The molecule has 4 heterocycles. The van der Waals surface area contributed by atoms with Gasteiger partial charge < -0.3 is 10.2 Å². The van der Waals surface area contributed by atoms with Crippen molar-refractivity contribution in [2.45, 2.75) is 45.2 Å². The predicted molar refractivity (Wildman–Crippen MR) is 106 cm³/mol. The van der Waals surface area contributed by atoms with Crippen LogP contribution in [0.25, 0.3) is 15.9 Å². The Morgan fingerprint density at radius 2 is 2.18 bits per heavy atom. The van der Waals surface area contributed by atoms with Crippen molar-refractivity contribution >= 4 is 39.0 Å². The van der Waals surface area contributed by atoms with Crippen LogP contribution in [0.3, 0.4) is 0 Å². The molecule has 0 spiro atoms. The molecule has 9 nitrogen and oxygen atoms in total. The maximum atomic E-state index is 12.9. The second-order valence-corrected chi connectivity index (χ2v) is 8.34. The van der Waals surface area contributed by atoms with Gasteiger partial charge in [0.1, 0.15) is 17.9 Å². The summed E-state index contributed by atoms with van der Waals surface area (Å²) in [6.45, 7) is 4.30. The highest BCUT2D eigenvalue weighted by Gasteiger charge is 2.25. The first-order valence-corrected chi connectivity index (χ1v) is 10.1. The van der Waals surface area contributed by atoms with Gasteiger partial charge in [-0.25, -0.2) is 9.67 Å². The third-order valence-corrected chi connectivity index (χ3v) is 5.77. The topological polar surface area (TPSA) is 102 Å². The largest absolute Gasteiger partial charge is 0.350 e. The molecule has 3 aromatic heterocycles. The highest BCUT2D eigenvalue weighted by molar-refractivity contribution is 7.16. The molecule has 1 N–H and O–H groups in total. The van der Waals surface area contributed by atoms with E-state index in [4.69, 9.17) is 0 Å². The van der Waals surface area contributed by atoms with Gasteiger partial charge in [-0.3, -0.25) is 18.8 Å². The van der Waals surface area contributed by atoms with E-state index < -0.39 is 0 Å². The Labute approximate surface area is 165 Å². The first-order chi connectivity index (χ1) is 13.3. The average molecular weight is 402 g/mol. The molecule has 1 atom stereocenters. The van der Waals surface area contributed by atoms with Crippen molar-refractivity contribution in [2.75, 3.05) is 13.6 Å². The molecule has 0 radical (unpaired) electrons. The van der Waals surface area contributed by atoms with Gasteiger partial charge in [-0.2, -0.15) is 5.10 Å². The summed E-state index contributed by atoms with van der Waals surface area (Å²) in [5, 5.41) is 7.38. The van der Waals surface area contributed by atoms with Gasteiger partial charge in [0.25, 0.3) is 5.56 Å². The maximum Gasteiger partial charge on any atom is 0.291 e. The first-order valence-electron chi connectivity index (χ1n) is 9.24. The molecular weight excluding hydrogens is 380 g/mol. The number of fused-ring (bicyclic) bond motifs is 3. The number of hydrogen-bond acceptors (Lipinski definition) is 6. The Hall–Kier alpha value is -2.75. The lowest BCUT2D eigenvalue weighted by molar-refractivity contribution is -0.134. The van der Waals surface area contributed by atoms with E-state index in [-0.39, 0.29) is 35.9 Å². The van der Waals surface area contributed by atoms with Gasteiger partial charge in [-0.15, -0.1) is 11.3 Å². The number of amides is 2. The second kappa shape index (κ2) is 7.01. The Balaban J connectivity index is 1.63. The van der Waals surface area contributed by atoms with E-state index >= 15 is 0 Å². The van der Waals surface area contributed by atoms with E-state index in [1.165, 1.54) is 16.0 Å². The predicted octanol–water partition coefficient (Wildman–Crippen LogP) is 0.966. The fraction of sp³-hybridized carbons (Fsp3) is 0.500. The van der Waals surface area contributed by atoms with Gasteiger partial charge in [0, 0.05) is 32.0 Å². The van der Waals surface area contributed by atoms with E-state index in [9.17, 15) is 14.4 Å². The van der Waals surface area contributed by atoms with Crippen LogP contribution in [0.1, 0.15) is 38.4 Å². The van der Waals surface area contributed by atoms with Gasteiger partial charge in [-0.1, -0.05) is 13.8 Å². The number of likely N-dealkylation sites (tertiary alicyclic amines) is 1. The number of nitrogens with zero attached hydrogens (tertiary/aromatic N) is 5. The minimum absolute atomic E-state index is 0.0488. The molecule has 1 aliphatic heterocycles. The minimum atomic E-state index is -0.319. The van der Waals surface area contributed by atoms with Gasteiger partial charge in [-0.05, 0) is 12.5 Å². The summed E-state index contributed by atoms with van der Waals surface area (Å²) in [4.78, 5) is 43.0. The highest BCUT2D eigenvalue weighted by Crippen LogP contribution is 2.24. The second-order valence-electron chi connectivity index (χ2n) is 7.46. The fourth-order valence-electron chi connectivity index (χ4n) is 3.57. The first kappa shape index (κ1) is 18.6. The molecule has 0 aliphatic carbocycles. The normalized spacial score (nSPS) is 17.8. The van der Waals surface area contributed by atoms with Gasteiger partial charge >= 0.3 is 0 Å². The van der Waals surface area contributed by atoms with Crippen LogP contribution in [-0.4, -0.2) is 55.5 Å². The SMILES string of the molecule is CC(C)c1nn(CC(=O)N[C@@H]2CCC(=O)N(C)C2)c(=O)c2cc3scnc3n12. The lowest BCUT2D eigenvalue weighted by Gasteiger charge is -2.30. The summed E-state index contributed by atoms with van der Waals surface area (Å²) in [6.07, 6.45) is 1.02. The standard InChI is InChI=1S/C18H22N6O3S/c1-10(2)16-21-23(8-14(25)20-11-4-5-15(26)22(3)7-11)18(27)12-6-13-17(24(12)16)19-9-28-13/h6,9-11H,4-5,7-8H2,1-3H3,(H,20,25)/t11-/m1/s1. The highest BCUT2D eigenvalue weighted by atomic mass is 32.1. The van der Waals surface area contributed by atoms with Gasteiger partial charge in [0.2, 0.25) is 11.8 Å². The Morgan fingerprint density at radius 3 is 2.89 bits per heavy atom. The summed E-state index contributed by atoms with van der Waals surface area (Å²) >= 11 is 1.47. The van der Waals surface area contributed by atoms with Crippen molar-refractivity contribution in [3.63, 3.8) is 0 Å². The summed E-state index contributed by atoms with van der Waals surface area (Å²) in [5.74, 6) is 0.532. The van der Waals surface area contributed by atoms with Crippen LogP contribution in [0.4, 0.5) is 0 Å². The van der Waals surface area contributed by atoms with E-state index in [0.29, 0.717) is 30.7 Å². The molecular formula is C18H22N6O3S. The van der Waals surface area contributed by atoms with Crippen LogP contribution < -0.4 is 10.9 Å². The summed E-state index contributed by atoms with van der Waals surface area (Å²) < 4.78 is 3.92. The molecule has 3 aromatic rings. The van der Waals surface area contributed by atoms with E-state index in [0.717, 1.165) is 10.3 Å². The molecule has 148 valence electrons. The van der Waals surface area contributed by atoms with Crippen LogP contribution in [0, 0.1) is 0 Å². The Morgan fingerprint density at radius 1 is 1.39 bits per heavy atom. The molecule has 1 fully saturated rings. The number of nitrogens with one attached hydrogen (secondary N) is 1. The van der Waals surface area contributed by atoms with Crippen LogP contribution in [0.2, 0.25) is 0 Å². The molecule has 1 aliphatic rings. The zero-order valence-electron chi connectivity index (χ0n) is 16.0. The van der Waals surface area contributed by atoms with Crippen molar-refractivity contribution < 1.29 is 9.59 Å². The molecule has 1 saturated heterocycles. The lowest BCUT2D eigenvalue weighted by atomic mass is 10.1.